The molecule has 1 aliphatic rings. The van der Waals surface area contributed by atoms with Crippen molar-refractivity contribution >= 4 is 5.91 Å². The molecule has 1 amide bonds. The van der Waals surface area contributed by atoms with E-state index < -0.39 is 0 Å². The number of nitrogens with zero attached hydrogens (tertiary/aromatic N) is 4. The number of nitrogens with one attached hydrogen (secondary N) is 2. The minimum Gasteiger partial charge on any atom is -0.380 e. The van der Waals surface area contributed by atoms with Gasteiger partial charge in [0, 0.05) is 49.9 Å². The summed E-state index contributed by atoms with van der Waals surface area (Å²) in [4.78, 5) is 26.6. The Labute approximate surface area is 150 Å². The van der Waals surface area contributed by atoms with Gasteiger partial charge in [-0.05, 0) is 18.2 Å². The van der Waals surface area contributed by atoms with Crippen molar-refractivity contribution in [2.75, 3.05) is 13.7 Å². The fourth-order valence-electron chi connectivity index (χ4n) is 3.33. The van der Waals surface area contributed by atoms with Gasteiger partial charge >= 0.3 is 0 Å². The van der Waals surface area contributed by atoms with Gasteiger partial charge in [0.15, 0.2) is 0 Å². The van der Waals surface area contributed by atoms with Crippen LogP contribution in [0, 0.1) is 0 Å². The van der Waals surface area contributed by atoms with Crippen molar-refractivity contribution in [2.45, 2.75) is 25.0 Å². The standard InChI is InChI=1S/C18H20N6O2/c1-26-14-8-16(24(11-14)17(25)7-13-4-6-21-23-13)18-20-10-15(22-18)12-3-2-5-19-9-12/h2-6,9-10,14,16H,7-8,11H2,1H3,(H,20,22)(H,21,23)/t14-,16+/m1/s1. The quantitative estimate of drug-likeness (QED) is 0.728. The third-order valence-corrected chi connectivity index (χ3v) is 4.70. The molecule has 3 aromatic rings. The predicted molar refractivity (Wildman–Crippen MR) is 94.0 cm³/mol. The average Bonchev–Trinajstić information content (AvgIpc) is 3.42. The van der Waals surface area contributed by atoms with E-state index in [1.807, 2.05) is 23.1 Å². The normalized spacial score (nSPS) is 19.8. The van der Waals surface area contributed by atoms with Crippen molar-refractivity contribution in [1.82, 2.24) is 30.0 Å². The first-order valence-corrected chi connectivity index (χ1v) is 8.50. The number of hydrogen-bond donors (Lipinski definition) is 2. The number of imidazole rings is 1. The lowest BCUT2D eigenvalue weighted by molar-refractivity contribution is -0.132. The zero-order chi connectivity index (χ0) is 17.9. The minimum absolute atomic E-state index is 0.00217. The number of aromatic amines is 2. The molecule has 0 aliphatic carbocycles. The highest BCUT2D eigenvalue weighted by atomic mass is 16.5. The van der Waals surface area contributed by atoms with Crippen molar-refractivity contribution in [1.29, 1.82) is 0 Å². The fraction of sp³-hybridized carbons (Fsp3) is 0.333. The van der Waals surface area contributed by atoms with Gasteiger partial charge in [0.25, 0.3) is 0 Å². The number of aromatic nitrogens is 5. The number of rotatable bonds is 5. The van der Waals surface area contributed by atoms with E-state index in [-0.39, 0.29) is 24.5 Å². The molecule has 1 aliphatic heterocycles. The van der Waals surface area contributed by atoms with Crippen LogP contribution in [0.5, 0.6) is 0 Å². The van der Waals surface area contributed by atoms with E-state index in [0.29, 0.717) is 13.0 Å². The van der Waals surface area contributed by atoms with Crippen LogP contribution in [0.3, 0.4) is 0 Å². The molecule has 26 heavy (non-hydrogen) atoms. The molecule has 2 atom stereocenters. The van der Waals surface area contributed by atoms with Crippen molar-refractivity contribution in [3.63, 3.8) is 0 Å². The third-order valence-electron chi connectivity index (χ3n) is 4.70. The van der Waals surface area contributed by atoms with E-state index in [2.05, 4.69) is 25.1 Å². The predicted octanol–water partition coefficient (Wildman–Crippen LogP) is 1.73. The zero-order valence-corrected chi connectivity index (χ0v) is 14.4. The van der Waals surface area contributed by atoms with Crippen molar-refractivity contribution in [3.8, 4) is 11.3 Å². The van der Waals surface area contributed by atoms with E-state index in [9.17, 15) is 4.79 Å². The first-order chi connectivity index (χ1) is 12.7. The van der Waals surface area contributed by atoms with E-state index >= 15 is 0 Å². The highest BCUT2D eigenvalue weighted by Crippen LogP contribution is 2.33. The Morgan fingerprint density at radius 1 is 1.35 bits per heavy atom. The van der Waals surface area contributed by atoms with Gasteiger partial charge in [-0.15, -0.1) is 0 Å². The van der Waals surface area contributed by atoms with Crippen LogP contribution in [-0.2, 0) is 16.0 Å². The van der Waals surface area contributed by atoms with Gasteiger partial charge in [0.2, 0.25) is 5.91 Å². The Kier molecular flexibility index (Phi) is 4.49. The summed E-state index contributed by atoms with van der Waals surface area (Å²) in [6, 6.07) is 5.52. The van der Waals surface area contributed by atoms with E-state index in [1.54, 1.807) is 31.9 Å². The van der Waals surface area contributed by atoms with Crippen molar-refractivity contribution in [2.24, 2.45) is 0 Å². The third kappa shape index (κ3) is 3.23. The lowest BCUT2D eigenvalue weighted by Crippen LogP contribution is -2.33. The molecule has 1 fully saturated rings. The number of amides is 1. The molecule has 134 valence electrons. The topological polar surface area (TPSA) is 99.8 Å². The Hall–Kier alpha value is -3.00. The number of likely N-dealkylation sites (tertiary alicyclic amines) is 1. The van der Waals surface area contributed by atoms with Crippen molar-refractivity contribution in [3.05, 3.63) is 54.5 Å². The highest BCUT2D eigenvalue weighted by Gasteiger charge is 2.37. The maximum atomic E-state index is 12.8. The smallest absolute Gasteiger partial charge is 0.229 e. The Balaban J connectivity index is 1.57. The van der Waals surface area contributed by atoms with Gasteiger partial charge in [-0.2, -0.15) is 5.10 Å². The van der Waals surface area contributed by atoms with E-state index in [0.717, 1.165) is 22.8 Å². The first-order valence-electron chi connectivity index (χ1n) is 8.50. The van der Waals surface area contributed by atoms with Crippen LogP contribution in [0.1, 0.15) is 24.0 Å². The summed E-state index contributed by atoms with van der Waals surface area (Å²) in [5.74, 6) is 0.791. The molecule has 0 unspecified atom stereocenters. The molecule has 4 heterocycles. The maximum Gasteiger partial charge on any atom is 0.229 e. The van der Waals surface area contributed by atoms with Crippen LogP contribution in [0.25, 0.3) is 11.3 Å². The number of ether oxygens (including phenoxy) is 1. The second-order valence-corrected chi connectivity index (χ2v) is 6.34. The number of methoxy groups -OCH3 is 1. The number of H-pyrrole nitrogens is 2. The molecule has 0 radical (unpaired) electrons. The zero-order valence-electron chi connectivity index (χ0n) is 14.4. The second kappa shape index (κ2) is 7.09. The average molecular weight is 352 g/mol. The molecule has 8 heteroatoms. The Bertz CT molecular complexity index is 861. The molecule has 4 rings (SSSR count). The molecule has 0 saturated carbocycles. The number of carbonyl (C=O) groups is 1. The summed E-state index contributed by atoms with van der Waals surface area (Å²) in [5, 5.41) is 6.74. The Morgan fingerprint density at radius 3 is 3.00 bits per heavy atom. The van der Waals surface area contributed by atoms with E-state index in [4.69, 9.17) is 4.74 Å². The SMILES string of the molecule is CO[C@@H]1C[C@@H](c2ncc(-c3cccnc3)[nH]2)N(C(=O)Cc2ccn[nH]2)C1. The Morgan fingerprint density at radius 2 is 2.27 bits per heavy atom. The molecular weight excluding hydrogens is 332 g/mol. The van der Waals surface area contributed by atoms with Gasteiger partial charge < -0.3 is 14.6 Å². The summed E-state index contributed by atoms with van der Waals surface area (Å²) in [7, 11) is 1.67. The van der Waals surface area contributed by atoms with Crippen LogP contribution in [-0.4, -0.2) is 55.7 Å². The van der Waals surface area contributed by atoms with E-state index in [1.165, 1.54) is 0 Å². The molecule has 8 nitrogen and oxygen atoms in total. The van der Waals surface area contributed by atoms with Gasteiger partial charge in [0.1, 0.15) is 5.82 Å². The number of hydrogen-bond acceptors (Lipinski definition) is 5. The van der Waals surface area contributed by atoms with Crippen LogP contribution >= 0.6 is 0 Å². The first kappa shape index (κ1) is 16.5. The number of carbonyl (C=O) groups excluding carboxylic acids is 1. The van der Waals surface area contributed by atoms with Gasteiger partial charge in [-0.3, -0.25) is 14.9 Å². The summed E-state index contributed by atoms with van der Waals surface area (Å²) in [6.07, 6.45) is 7.94. The van der Waals surface area contributed by atoms with Crippen LogP contribution in [0.4, 0.5) is 0 Å². The monoisotopic (exact) mass is 352 g/mol. The number of pyridine rings is 1. The largest absolute Gasteiger partial charge is 0.380 e. The molecule has 2 N–H and O–H groups in total. The molecular formula is C18H20N6O2. The molecule has 0 spiro atoms. The molecule has 3 aromatic heterocycles. The summed E-state index contributed by atoms with van der Waals surface area (Å²) < 4.78 is 5.50. The van der Waals surface area contributed by atoms with Crippen LogP contribution in [0.15, 0.2) is 43.0 Å². The second-order valence-electron chi connectivity index (χ2n) is 6.34. The van der Waals surface area contributed by atoms with Gasteiger partial charge in [-0.1, -0.05) is 0 Å². The lowest BCUT2D eigenvalue weighted by atomic mass is 10.1. The van der Waals surface area contributed by atoms with Crippen LogP contribution in [0.2, 0.25) is 0 Å². The highest BCUT2D eigenvalue weighted by molar-refractivity contribution is 5.79. The minimum atomic E-state index is -0.138. The summed E-state index contributed by atoms with van der Waals surface area (Å²) in [5.41, 5.74) is 2.64. The van der Waals surface area contributed by atoms with Crippen molar-refractivity contribution < 1.29 is 9.53 Å². The lowest BCUT2D eigenvalue weighted by Gasteiger charge is -2.22. The fourth-order valence-corrected chi connectivity index (χ4v) is 3.33. The molecule has 0 aromatic carbocycles. The summed E-state index contributed by atoms with van der Waals surface area (Å²) in [6.45, 7) is 0.553. The molecule has 1 saturated heterocycles. The van der Waals surface area contributed by atoms with Crippen LogP contribution < -0.4 is 0 Å². The molecule has 0 bridgehead atoms. The summed E-state index contributed by atoms with van der Waals surface area (Å²) >= 11 is 0. The maximum absolute atomic E-state index is 12.8. The van der Waals surface area contributed by atoms with Gasteiger partial charge in [0.05, 0.1) is 30.5 Å². The van der Waals surface area contributed by atoms with Gasteiger partial charge in [-0.25, -0.2) is 4.98 Å².